The zero-order chi connectivity index (χ0) is 10.9. The summed E-state index contributed by atoms with van der Waals surface area (Å²) >= 11 is 0. The van der Waals surface area contributed by atoms with Crippen LogP contribution in [-0.4, -0.2) is 11.1 Å². The lowest BCUT2D eigenvalue weighted by atomic mass is 9.58. The molecular formula is C12H17NO2. The van der Waals surface area contributed by atoms with Gasteiger partial charge in [0.1, 0.15) is 0 Å². The molecule has 0 aromatic heterocycles. The molecule has 2 aliphatic carbocycles. The number of rotatable bonds is 1. The molecule has 82 valence electrons. The predicted octanol–water partition coefficient (Wildman–Crippen LogP) is 2.57. The molecule has 0 aliphatic heterocycles. The Morgan fingerprint density at radius 3 is 2.80 bits per heavy atom. The van der Waals surface area contributed by atoms with E-state index < -0.39 is 5.97 Å². The van der Waals surface area contributed by atoms with E-state index in [2.05, 4.69) is 6.07 Å². The molecule has 2 aliphatic rings. The topological polar surface area (TPSA) is 61.1 Å². The number of hydrogen-bond acceptors (Lipinski definition) is 2. The van der Waals surface area contributed by atoms with Gasteiger partial charge in [-0.05, 0) is 38.0 Å². The van der Waals surface area contributed by atoms with Crippen molar-refractivity contribution < 1.29 is 9.90 Å². The summed E-state index contributed by atoms with van der Waals surface area (Å²) in [5.41, 5.74) is -0.306. The standard InChI is InChI=1S/C12H17NO2/c13-8-12-6-2-1-3-10(12)5-4-9(7-12)11(14)15/h9-10H,1-7H2,(H,14,15)/t9-,10+,12+/m0/s1. The van der Waals surface area contributed by atoms with Crippen molar-refractivity contribution in [2.45, 2.75) is 44.9 Å². The molecule has 3 nitrogen and oxygen atoms in total. The molecule has 0 aromatic rings. The highest BCUT2D eigenvalue weighted by Gasteiger charge is 2.47. The number of fused-ring (bicyclic) bond motifs is 1. The third-order valence-electron chi connectivity index (χ3n) is 4.25. The van der Waals surface area contributed by atoms with Crippen LogP contribution in [0.15, 0.2) is 0 Å². The zero-order valence-corrected chi connectivity index (χ0v) is 8.91. The predicted molar refractivity (Wildman–Crippen MR) is 55.0 cm³/mol. The Balaban J connectivity index is 2.17. The van der Waals surface area contributed by atoms with Crippen molar-refractivity contribution in [1.29, 1.82) is 5.26 Å². The van der Waals surface area contributed by atoms with Crippen LogP contribution in [-0.2, 0) is 4.79 Å². The van der Waals surface area contributed by atoms with Gasteiger partial charge >= 0.3 is 5.97 Å². The number of aliphatic carboxylic acids is 1. The molecule has 1 N–H and O–H groups in total. The highest BCUT2D eigenvalue weighted by molar-refractivity contribution is 5.70. The van der Waals surface area contributed by atoms with Crippen LogP contribution in [0.4, 0.5) is 0 Å². The highest BCUT2D eigenvalue weighted by Crippen LogP contribution is 2.51. The quantitative estimate of drug-likeness (QED) is 0.718. The van der Waals surface area contributed by atoms with Gasteiger partial charge in [-0.25, -0.2) is 0 Å². The second kappa shape index (κ2) is 3.84. The first-order valence-electron chi connectivity index (χ1n) is 5.82. The summed E-state index contributed by atoms with van der Waals surface area (Å²) in [5.74, 6) is -0.528. The monoisotopic (exact) mass is 207 g/mol. The molecule has 0 radical (unpaired) electrons. The van der Waals surface area contributed by atoms with Crippen LogP contribution in [0.25, 0.3) is 0 Å². The van der Waals surface area contributed by atoms with E-state index in [1.54, 1.807) is 0 Å². The van der Waals surface area contributed by atoms with Crippen LogP contribution in [0.3, 0.4) is 0 Å². The maximum absolute atomic E-state index is 11.0. The van der Waals surface area contributed by atoms with Gasteiger partial charge in [0.2, 0.25) is 0 Å². The van der Waals surface area contributed by atoms with E-state index in [9.17, 15) is 10.1 Å². The maximum atomic E-state index is 11.0. The van der Waals surface area contributed by atoms with Crippen molar-refractivity contribution in [3.63, 3.8) is 0 Å². The Kier molecular flexibility index (Phi) is 2.68. The third-order valence-corrected chi connectivity index (χ3v) is 4.25. The lowest BCUT2D eigenvalue weighted by Crippen LogP contribution is -2.40. The van der Waals surface area contributed by atoms with Gasteiger partial charge in [0, 0.05) is 0 Å². The number of carbonyl (C=O) groups is 1. The van der Waals surface area contributed by atoms with Gasteiger partial charge in [0.05, 0.1) is 17.4 Å². The molecule has 0 spiro atoms. The van der Waals surface area contributed by atoms with Crippen molar-refractivity contribution >= 4 is 5.97 Å². The Morgan fingerprint density at radius 2 is 2.13 bits per heavy atom. The molecule has 15 heavy (non-hydrogen) atoms. The van der Waals surface area contributed by atoms with E-state index in [1.165, 1.54) is 6.42 Å². The molecule has 3 atom stereocenters. The lowest BCUT2D eigenvalue weighted by Gasteiger charge is -2.44. The molecule has 0 heterocycles. The Labute approximate surface area is 90.1 Å². The van der Waals surface area contributed by atoms with E-state index in [-0.39, 0.29) is 11.3 Å². The lowest BCUT2D eigenvalue weighted by molar-refractivity contribution is -0.145. The van der Waals surface area contributed by atoms with Crippen molar-refractivity contribution in [2.24, 2.45) is 17.3 Å². The van der Waals surface area contributed by atoms with Gasteiger partial charge < -0.3 is 5.11 Å². The van der Waals surface area contributed by atoms with Crippen LogP contribution < -0.4 is 0 Å². The Bertz CT molecular complexity index is 307. The van der Waals surface area contributed by atoms with Gasteiger partial charge in [-0.3, -0.25) is 4.79 Å². The molecule has 2 saturated carbocycles. The summed E-state index contributed by atoms with van der Waals surface area (Å²) in [4.78, 5) is 11.0. The highest BCUT2D eigenvalue weighted by atomic mass is 16.4. The summed E-state index contributed by atoms with van der Waals surface area (Å²) in [6, 6.07) is 2.44. The minimum absolute atomic E-state index is 0.279. The van der Waals surface area contributed by atoms with Gasteiger partial charge in [-0.1, -0.05) is 12.8 Å². The molecule has 0 aromatic carbocycles. The minimum Gasteiger partial charge on any atom is -0.481 e. The van der Waals surface area contributed by atoms with Crippen LogP contribution >= 0.6 is 0 Å². The summed E-state index contributed by atoms with van der Waals surface area (Å²) < 4.78 is 0. The smallest absolute Gasteiger partial charge is 0.306 e. The summed E-state index contributed by atoms with van der Waals surface area (Å²) in [6.45, 7) is 0. The molecule has 3 heteroatoms. The molecule has 0 bridgehead atoms. The van der Waals surface area contributed by atoms with Crippen molar-refractivity contribution in [2.75, 3.05) is 0 Å². The van der Waals surface area contributed by atoms with Crippen LogP contribution in [0, 0.1) is 28.6 Å². The summed E-state index contributed by atoms with van der Waals surface area (Å²) in [6.07, 6.45) is 6.64. The van der Waals surface area contributed by atoms with E-state index in [0.29, 0.717) is 12.3 Å². The molecule has 0 unspecified atom stereocenters. The van der Waals surface area contributed by atoms with Crippen molar-refractivity contribution in [3.8, 4) is 6.07 Å². The van der Waals surface area contributed by atoms with E-state index in [1.807, 2.05) is 0 Å². The molecule has 2 fully saturated rings. The fraction of sp³-hybridized carbons (Fsp3) is 0.833. The number of nitrogens with zero attached hydrogens (tertiary/aromatic N) is 1. The summed E-state index contributed by atoms with van der Waals surface area (Å²) in [7, 11) is 0. The summed E-state index contributed by atoms with van der Waals surface area (Å²) in [5, 5.41) is 18.4. The Morgan fingerprint density at radius 1 is 1.33 bits per heavy atom. The van der Waals surface area contributed by atoms with Gasteiger partial charge in [-0.15, -0.1) is 0 Å². The number of carboxylic acid groups (broad SMARTS) is 1. The fourth-order valence-electron chi connectivity index (χ4n) is 3.35. The first-order chi connectivity index (χ1) is 7.18. The fourth-order valence-corrected chi connectivity index (χ4v) is 3.35. The first-order valence-corrected chi connectivity index (χ1v) is 5.82. The second-order valence-electron chi connectivity index (χ2n) is 5.03. The number of nitriles is 1. The molecular weight excluding hydrogens is 190 g/mol. The minimum atomic E-state index is -0.714. The second-order valence-corrected chi connectivity index (χ2v) is 5.03. The van der Waals surface area contributed by atoms with Crippen LogP contribution in [0.2, 0.25) is 0 Å². The number of hydrogen-bond donors (Lipinski definition) is 1. The van der Waals surface area contributed by atoms with Gasteiger partial charge in [-0.2, -0.15) is 5.26 Å². The average Bonchev–Trinajstić information content (AvgIpc) is 2.28. The van der Waals surface area contributed by atoms with E-state index in [0.717, 1.165) is 32.1 Å². The van der Waals surface area contributed by atoms with Crippen molar-refractivity contribution in [1.82, 2.24) is 0 Å². The average molecular weight is 207 g/mol. The van der Waals surface area contributed by atoms with Gasteiger partial charge in [0.25, 0.3) is 0 Å². The molecule has 0 amide bonds. The van der Waals surface area contributed by atoms with Crippen LogP contribution in [0.1, 0.15) is 44.9 Å². The SMILES string of the molecule is N#C[C@]12CCCC[C@@H]1CC[C@H](C(=O)O)C2. The van der Waals surface area contributed by atoms with Gasteiger partial charge in [0.15, 0.2) is 0 Å². The zero-order valence-electron chi connectivity index (χ0n) is 8.91. The van der Waals surface area contributed by atoms with Crippen molar-refractivity contribution in [3.05, 3.63) is 0 Å². The largest absolute Gasteiger partial charge is 0.481 e. The first kappa shape index (κ1) is 10.5. The van der Waals surface area contributed by atoms with E-state index >= 15 is 0 Å². The molecule has 2 rings (SSSR count). The molecule has 0 saturated heterocycles. The third kappa shape index (κ3) is 1.73. The van der Waals surface area contributed by atoms with E-state index in [4.69, 9.17) is 5.11 Å². The Hall–Kier alpha value is -1.04. The van der Waals surface area contributed by atoms with Crippen LogP contribution in [0.5, 0.6) is 0 Å². The number of carboxylic acids is 1. The maximum Gasteiger partial charge on any atom is 0.306 e. The normalized spacial score (nSPS) is 40.2.